The van der Waals surface area contributed by atoms with E-state index in [1.807, 2.05) is 11.8 Å². The number of nitrogens with two attached hydrogens (primary N) is 1. The second kappa shape index (κ2) is 7.14. The van der Waals surface area contributed by atoms with Crippen LogP contribution in [0, 0.1) is 5.92 Å². The predicted octanol–water partition coefficient (Wildman–Crippen LogP) is 0.242. The van der Waals surface area contributed by atoms with Gasteiger partial charge in [-0.3, -0.25) is 9.59 Å². The Morgan fingerprint density at radius 2 is 2.21 bits per heavy atom. The van der Waals surface area contributed by atoms with Gasteiger partial charge < -0.3 is 16.4 Å². The van der Waals surface area contributed by atoms with Gasteiger partial charge in [-0.05, 0) is 19.3 Å². The smallest absolute Gasteiger partial charge is 0.221 e. The minimum atomic E-state index is -0.232. The summed E-state index contributed by atoms with van der Waals surface area (Å²) in [7, 11) is 0. The van der Waals surface area contributed by atoms with Gasteiger partial charge in [0.2, 0.25) is 11.8 Å². The zero-order chi connectivity index (χ0) is 13.7. The Labute approximate surface area is 118 Å². The molecule has 19 heavy (non-hydrogen) atoms. The summed E-state index contributed by atoms with van der Waals surface area (Å²) in [5.41, 5.74) is 5.35. The number of carbonyl (C=O) groups excluding carboxylic acids is 2. The van der Waals surface area contributed by atoms with Crippen molar-refractivity contribution in [2.24, 2.45) is 11.7 Å². The third-order valence-electron chi connectivity index (χ3n) is 3.87. The van der Waals surface area contributed by atoms with Crippen LogP contribution in [0.1, 0.15) is 32.1 Å². The van der Waals surface area contributed by atoms with Crippen LogP contribution in [0.4, 0.5) is 0 Å². The highest BCUT2D eigenvalue weighted by molar-refractivity contribution is 7.99. The lowest BCUT2D eigenvalue weighted by atomic mass is 9.85. The van der Waals surface area contributed by atoms with Crippen LogP contribution in [0.15, 0.2) is 0 Å². The van der Waals surface area contributed by atoms with Gasteiger partial charge in [0, 0.05) is 42.5 Å². The van der Waals surface area contributed by atoms with Crippen molar-refractivity contribution in [1.82, 2.24) is 10.6 Å². The van der Waals surface area contributed by atoms with Crippen LogP contribution in [0.25, 0.3) is 0 Å². The minimum absolute atomic E-state index is 0.0672. The molecule has 2 aliphatic rings. The van der Waals surface area contributed by atoms with Crippen molar-refractivity contribution in [2.75, 3.05) is 18.1 Å². The van der Waals surface area contributed by atoms with Crippen LogP contribution >= 0.6 is 11.8 Å². The summed E-state index contributed by atoms with van der Waals surface area (Å²) in [6.45, 7) is 0.982. The van der Waals surface area contributed by atoms with Crippen LogP contribution in [0.5, 0.6) is 0 Å². The molecule has 4 N–H and O–H groups in total. The number of hydrogen-bond donors (Lipinski definition) is 3. The summed E-state index contributed by atoms with van der Waals surface area (Å²) >= 11 is 1.89. The standard InChI is InChI=1S/C13H23N3O2S/c14-13(18)9-2-1-3-10(6-9)16-12(17)7-11-8-19-5-4-15-11/h9-11,15H,1-8H2,(H2,14,18)(H,16,17). The van der Waals surface area contributed by atoms with Gasteiger partial charge in [0.05, 0.1) is 0 Å². The van der Waals surface area contributed by atoms with Gasteiger partial charge in [-0.1, -0.05) is 6.42 Å². The maximum absolute atomic E-state index is 12.0. The Balaban J connectivity index is 1.73. The maximum atomic E-state index is 12.0. The molecule has 2 fully saturated rings. The van der Waals surface area contributed by atoms with Gasteiger partial charge in [-0.2, -0.15) is 11.8 Å². The Bertz CT molecular complexity index is 332. The highest BCUT2D eigenvalue weighted by Crippen LogP contribution is 2.24. The average Bonchev–Trinajstić information content (AvgIpc) is 2.40. The molecular weight excluding hydrogens is 262 g/mol. The normalized spacial score (nSPS) is 31.7. The van der Waals surface area contributed by atoms with Crippen LogP contribution < -0.4 is 16.4 Å². The van der Waals surface area contributed by atoms with Gasteiger partial charge in [-0.15, -0.1) is 0 Å². The monoisotopic (exact) mass is 285 g/mol. The number of hydrogen-bond acceptors (Lipinski definition) is 4. The van der Waals surface area contributed by atoms with E-state index in [0.29, 0.717) is 12.8 Å². The highest BCUT2D eigenvalue weighted by atomic mass is 32.2. The first-order valence-corrected chi connectivity index (χ1v) is 8.20. The fourth-order valence-electron chi connectivity index (χ4n) is 2.84. The minimum Gasteiger partial charge on any atom is -0.369 e. The quantitative estimate of drug-likeness (QED) is 0.691. The van der Waals surface area contributed by atoms with Crippen molar-refractivity contribution < 1.29 is 9.59 Å². The van der Waals surface area contributed by atoms with Gasteiger partial charge in [0.25, 0.3) is 0 Å². The first-order valence-electron chi connectivity index (χ1n) is 7.05. The molecule has 1 aliphatic carbocycles. The first-order chi connectivity index (χ1) is 9.15. The summed E-state index contributed by atoms with van der Waals surface area (Å²) in [5.74, 6) is 1.92. The number of primary amides is 1. The fourth-order valence-corrected chi connectivity index (χ4v) is 3.79. The molecule has 0 aromatic carbocycles. The molecular formula is C13H23N3O2S. The van der Waals surface area contributed by atoms with Crippen molar-refractivity contribution >= 4 is 23.6 Å². The third kappa shape index (κ3) is 4.69. The van der Waals surface area contributed by atoms with Crippen molar-refractivity contribution in [1.29, 1.82) is 0 Å². The van der Waals surface area contributed by atoms with Gasteiger partial charge in [-0.25, -0.2) is 0 Å². The van der Waals surface area contributed by atoms with Crippen molar-refractivity contribution in [3.63, 3.8) is 0 Å². The first kappa shape index (κ1) is 14.7. The molecule has 108 valence electrons. The zero-order valence-corrected chi connectivity index (χ0v) is 12.0. The highest BCUT2D eigenvalue weighted by Gasteiger charge is 2.27. The second-order valence-electron chi connectivity index (χ2n) is 5.46. The average molecular weight is 285 g/mol. The fraction of sp³-hybridized carbons (Fsp3) is 0.846. The van der Waals surface area contributed by atoms with E-state index >= 15 is 0 Å². The zero-order valence-electron chi connectivity index (χ0n) is 11.2. The van der Waals surface area contributed by atoms with E-state index in [9.17, 15) is 9.59 Å². The van der Waals surface area contributed by atoms with Crippen molar-refractivity contribution in [3.8, 4) is 0 Å². The second-order valence-corrected chi connectivity index (χ2v) is 6.61. The molecule has 0 radical (unpaired) electrons. The molecule has 1 heterocycles. The van der Waals surface area contributed by atoms with Crippen molar-refractivity contribution in [3.05, 3.63) is 0 Å². The third-order valence-corrected chi connectivity index (χ3v) is 5.00. The van der Waals surface area contributed by atoms with Crippen LogP contribution in [0.2, 0.25) is 0 Å². The van der Waals surface area contributed by atoms with Crippen LogP contribution in [-0.4, -0.2) is 41.9 Å². The molecule has 0 bridgehead atoms. The predicted molar refractivity (Wildman–Crippen MR) is 76.8 cm³/mol. The Morgan fingerprint density at radius 1 is 1.37 bits per heavy atom. The Hall–Kier alpha value is -0.750. The van der Waals surface area contributed by atoms with E-state index in [2.05, 4.69) is 10.6 Å². The van der Waals surface area contributed by atoms with Gasteiger partial charge in [0.15, 0.2) is 0 Å². The topological polar surface area (TPSA) is 84.2 Å². The molecule has 3 unspecified atom stereocenters. The SMILES string of the molecule is NC(=O)C1CCCC(NC(=O)CC2CSCCN2)C1. The number of rotatable bonds is 4. The molecule has 0 spiro atoms. The summed E-state index contributed by atoms with van der Waals surface area (Å²) in [6.07, 6.45) is 4.03. The Kier molecular flexibility index (Phi) is 5.51. The van der Waals surface area contributed by atoms with E-state index in [1.165, 1.54) is 0 Å². The molecule has 1 saturated carbocycles. The molecule has 1 aliphatic heterocycles. The van der Waals surface area contributed by atoms with Gasteiger partial charge >= 0.3 is 0 Å². The Morgan fingerprint density at radius 3 is 2.89 bits per heavy atom. The lowest BCUT2D eigenvalue weighted by Gasteiger charge is -2.29. The number of carbonyl (C=O) groups is 2. The summed E-state index contributed by atoms with van der Waals surface area (Å²) in [5, 5.41) is 6.41. The van der Waals surface area contributed by atoms with Gasteiger partial charge in [0.1, 0.15) is 0 Å². The summed E-state index contributed by atoms with van der Waals surface area (Å²) in [6, 6.07) is 0.407. The summed E-state index contributed by atoms with van der Waals surface area (Å²) in [4.78, 5) is 23.2. The van der Waals surface area contributed by atoms with E-state index in [-0.39, 0.29) is 29.8 Å². The van der Waals surface area contributed by atoms with E-state index in [1.54, 1.807) is 0 Å². The molecule has 2 rings (SSSR count). The van der Waals surface area contributed by atoms with Crippen molar-refractivity contribution in [2.45, 2.75) is 44.2 Å². The molecule has 1 saturated heterocycles. The number of amides is 2. The van der Waals surface area contributed by atoms with Crippen LogP contribution in [0.3, 0.4) is 0 Å². The molecule has 3 atom stereocenters. The molecule has 5 nitrogen and oxygen atoms in total. The molecule has 0 aromatic rings. The molecule has 6 heteroatoms. The van der Waals surface area contributed by atoms with E-state index in [4.69, 9.17) is 5.73 Å². The number of thioether (sulfide) groups is 1. The van der Waals surface area contributed by atoms with Crippen LogP contribution in [-0.2, 0) is 9.59 Å². The largest absolute Gasteiger partial charge is 0.369 e. The lowest BCUT2D eigenvalue weighted by Crippen LogP contribution is -2.45. The maximum Gasteiger partial charge on any atom is 0.221 e. The van der Waals surface area contributed by atoms with E-state index in [0.717, 1.165) is 37.3 Å². The molecule has 2 amide bonds. The number of nitrogens with one attached hydrogen (secondary N) is 2. The van der Waals surface area contributed by atoms with E-state index < -0.39 is 0 Å². The molecule has 0 aromatic heterocycles. The summed E-state index contributed by atoms with van der Waals surface area (Å²) < 4.78 is 0. The lowest BCUT2D eigenvalue weighted by molar-refractivity contribution is -0.125.